The maximum Gasteiger partial charge on any atom is 0.119 e. The molecule has 2 heteroatoms. The Labute approximate surface area is 142 Å². The average molecular weight is 315 g/mol. The van der Waals surface area contributed by atoms with Gasteiger partial charge in [-0.2, -0.15) is 0 Å². The topological polar surface area (TPSA) is 21.3 Å². The Morgan fingerprint density at radius 2 is 1.83 bits per heavy atom. The van der Waals surface area contributed by atoms with Crippen molar-refractivity contribution in [2.45, 2.75) is 12.5 Å². The lowest BCUT2D eigenvalue weighted by atomic mass is 9.90. The minimum absolute atomic E-state index is 0.387. The Morgan fingerprint density at radius 1 is 0.958 bits per heavy atom. The second-order valence-corrected chi connectivity index (χ2v) is 6.29. The molecule has 24 heavy (non-hydrogen) atoms. The van der Waals surface area contributed by atoms with Gasteiger partial charge in [0.25, 0.3) is 0 Å². The molecule has 0 saturated carbocycles. The standard InChI is InChI=1S/C22H21NO/c1-24-21-7-4-6-17(14-21)18-11-12-20-15-23-22-8-3-2-5-16(22)9-10-19(20)13-18/h2-8,10-16,22-23H,9H2,1H3. The van der Waals surface area contributed by atoms with Gasteiger partial charge in [0.05, 0.1) is 13.2 Å². The SMILES string of the molecule is COc1cccc(-c2ccc3c(c2)=CCC2C=CC=CC2NC=3)c1. The van der Waals surface area contributed by atoms with E-state index in [4.69, 9.17) is 4.74 Å². The summed E-state index contributed by atoms with van der Waals surface area (Å²) in [6, 6.07) is 15.2. The molecule has 2 nitrogen and oxygen atoms in total. The highest BCUT2D eigenvalue weighted by Gasteiger charge is 2.17. The molecule has 0 aromatic heterocycles. The van der Waals surface area contributed by atoms with Crippen LogP contribution >= 0.6 is 0 Å². The van der Waals surface area contributed by atoms with E-state index in [1.54, 1.807) is 7.11 Å². The van der Waals surface area contributed by atoms with Crippen molar-refractivity contribution in [2.75, 3.05) is 7.11 Å². The van der Waals surface area contributed by atoms with E-state index < -0.39 is 0 Å². The van der Waals surface area contributed by atoms with Gasteiger partial charge in [-0.15, -0.1) is 0 Å². The smallest absolute Gasteiger partial charge is 0.119 e. The van der Waals surface area contributed by atoms with E-state index in [0.29, 0.717) is 12.0 Å². The number of benzene rings is 2. The van der Waals surface area contributed by atoms with Crippen LogP contribution in [-0.4, -0.2) is 13.2 Å². The quantitative estimate of drug-likeness (QED) is 0.920. The maximum absolute atomic E-state index is 5.35. The minimum atomic E-state index is 0.387. The molecule has 4 rings (SSSR count). The Kier molecular flexibility index (Phi) is 3.96. The maximum atomic E-state index is 5.35. The van der Waals surface area contributed by atoms with E-state index in [9.17, 15) is 0 Å². The van der Waals surface area contributed by atoms with Crippen molar-refractivity contribution in [3.63, 3.8) is 0 Å². The van der Waals surface area contributed by atoms with Gasteiger partial charge in [0.2, 0.25) is 0 Å². The molecule has 0 spiro atoms. The predicted octanol–water partition coefficient (Wildman–Crippen LogP) is 2.98. The Hall–Kier alpha value is -2.74. The predicted molar refractivity (Wildman–Crippen MR) is 99.9 cm³/mol. The van der Waals surface area contributed by atoms with E-state index in [1.165, 1.54) is 21.6 Å². The van der Waals surface area contributed by atoms with Gasteiger partial charge in [0.15, 0.2) is 0 Å². The third-order valence-corrected chi connectivity index (χ3v) is 4.78. The number of allylic oxidation sites excluding steroid dienone is 2. The molecule has 2 aromatic rings. The summed E-state index contributed by atoms with van der Waals surface area (Å²) in [5.41, 5.74) is 2.40. The van der Waals surface area contributed by atoms with Gasteiger partial charge in [-0.1, -0.05) is 54.6 Å². The normalized spacial score (nSPS) is 21.2. The van der Waals surface area contributed by atoms with Gasteiger partial charge in [0.1, 0.15) is 5.75 Å². The van der Waals surface area contributed by atoms with Crippen molar-refractivity contribution in [1.82, 2.24) is 5.32 Å². The lowest BCUT2D eigenvalue weighted by Crippen LogP contribution is -2.37. The van der Waals surface area contributed by atoms with Gasteiger partial charge >= 0.3 is 0 Å². The molecule has 120 valence electrons. The van der Waals surface area contributed by atoms with Crippen LogP contribution in [0, 0.1) is 5.92 Å². The van der Waals surface area contributed by atoms with Crippen molar-refractivity contribution < 1.29 is 4.74 Å². The fourth-order valence-electron chi connectivity index (χ4n) is 3.37. The zero-order chi connectivity index (χ0) is 16.4. The molecule has 1 N–H and O–H groups in total. The number of hydrogen-bond donors (Lipinski definition) is 1. The van der Waals surface area contributed by atoms with Crippen LogP contribution in [0.4, 0.5) is 0 Å². The van der Waals surface area contributed by atoms with Crippen LogP contribution in [-0.2, 0) is 0 Å². The summed E-state index contributed by atoms with van der Waals surface area (Å²) in [5, 5.41) is 6.07. The number of rotatable bonds is 2. The van der Waals surface area contributed by atoms with Gasteiger partial charge in [-0.25, -0.2) is 0 Å². The highest BCUT2D eigenvalue weighted by atomic mass is 16.5. The molecular formula is C22H21NO. The second kappa shape index (κ2) is 6.40. The summed E-state index contributed by atoms with van der Waals surface area (Å²) < 4.78 is 5.35. The van der Waals surface area contributed by atoms with E-state index in [2.05, 4.69) is 72.2 Å². The van der Waals surface area contributed by atoms with Crippen LogP contribution in [0.1, 0.15) is 6.42 Å². The molecule has 1 aliphatic carbocycles. The molecule has 0 fully saturated rings. The van der Waals surface area contributed by atoms with Gasteiger partial charge < -0.3 is 10.1 Å². The van der Waals surface area contributed by atoms with Gasteiger partial charge in [-0.05, 0) is 46.2 Å². The van der Waals surface area contributed by atoms with Crippen molar-refractivity contribution in [3.8, 4) is 16.9 Å². The molecule has 0 radical (unpaired) electrons. The monoisotopic (exact) mass is 315 g/mol. The molecule has 1 heterocycles. The van der Waals surface area contributed by atoms with Crippen LogP contribution in [0.15, 0.2) is 66.8 Å². The van der Waals surface area contributed by atoms with Crippen LogP contribution in [0.5, 0.6) is 5.75 Å². The Bertz CT molecular complexity index is 923. The third kappa shape index (κ3) is 2.88. The number of ether oxygens (including phenoxy) is 1. The van der Waals surface area contributed by atoms with Gasteiger partial charge in [-0.3, -0.25) is 0 Å². The zero-order valence-electron chi connectivity index (χ0n) is 13.8. The number of hydrogen-bond acceptors (Lipinski definition) is 2. The van der Waals surface area contributed by atoms with Crippen molar-refractivity contribution in [1.29, 1.82) is 0 Å². The highest BCUT2D eigenvalue weighted by molar-refractivity contribution is 5.65. The second-order valence-electron chi connectivity index (χ2n) is 6.29. The Morgan fingerprint density at radius 3 is 2.75 bits per heavy atom. The van der Waals surface area contributed by atoms with Crippen molar-refractivity contribution in [2.24, 2.45) is 5.92 Å². The summed E-state index contributed by atoms with van der Waals surface area (Å²) in [7, 11) is 1.70. The number of methoxy groups -OCH3 is 1. The Balaban J connectivity index is 1.76. The van der Waals surface area contributed by atoms with Crippen LogP contribution < -0.4 is 20.5 Å². The van der Waals surface area contributed by atoms with E-state index in [0.717, 1.165) is 12.2 Å². The van der Waals surface area contributed by atoms with E-state index in [-0.39, 0.29) is 0 Å². The average Bonchev–Trinajstić information content (AvgIpc) is 2.63. The molecule has 2 atom stereocenters. The van der Waals surface area contributed by atoms with Crippen molar-refractivity contribution in [3.05, 3.63) is 77.2 Å². The summed E-state index contributed by atoms with van der Waals surface area (Å²) in [6.07, 6.45) is 14.3. The fourth-order valence-corrected chi connectivity index (χ4v) is 3.37. The molecule has 2 aliphatic rings. The van der Waals surface area contributed by atoms with Gasteiger partial charge in [0, 0.05) is 12.1 Å². The van der Waals surface area contributed by atoms with Crippen LogP contribution in [0.25, 0.3) is 23.4 Å². The molecule has 2 unspecified atom stereocenters. The lowest BCUT2D eigenvalue weighted by molar-refractivity contribution is 0.415. The number of fused-ring (bicyclic) bond motifs is 2. The minimum Gasteiger partial charge on any atom is -0.497 e. The first-order valence-corrected chi connectivity index (χ1v) is 8.39. The molecule has 0 bridgehead atoms. The molecule has 1 aliphatic heterocycles. The highest BCUT2D eigenvalue weighted by Crippen LogP contribution is 2.22. The van der Waals surface area contributed by atoms with Crippen LogP contribution in [0.3, 0.4) is 0 Å². The first kappa shape index (κ1) is 14.8. The number of nitrogens with one attached hydrogen (secondary N) is 1. The van der Waals surface area contributed by atoms with Crippen molar-refractivity contribution >= 4 is 12.3 Å². The molecule has 0 saturated heterocycles. The summed E-state index contributed by atoms with van der Waals surface area (Å²) in [5.74, 6) is 1.40. The van der Waals surface area contributed by atoms with E-state index >= 15 is 0 Å². The molecule has 0 amide bonds. The summed E-state index contributed by atoms with van der Waals surface area (Å²) in [4.78, 5) is 0. The molecule has 2 aromatic carbocycles. The van der Waals surface area contributed by atoms with E-state index in [1.807, 2.05) is 12.1 Å². The summed E-state index contributed by atoms with van der Waals surface area (Å²) in [6.45, 7) is 0. The first-order chi connectivity index (χ1) is 11.8. The molecular weight excluding hydrogens is 294 g/mol. The fraction of sp³-hybridized carbons (Fsp3) is 0.182. The zero-order valence-corrected chi connectivity index (χ0v) is 13.8. The summed E-state index contributed by atoms with van der Waals surface area (Å²) >= 11 is 0. The van der Waals surface area contributed by atoms with Crippen LogP contribution in [0.2, 0.25) is 0 Å². The third-order valence-electron chi connectivity index (χ3n) is 4.78. The lowest BCUT2D eigenvalue weighted by Gasteiger charge is -2.24. The largest absolute Gasteiger partial charge is 0.497 e. The first-order valence-electron chi connectivity index (χ1n) is 8.39.